The molecule has 0 amide bonds. The second-order valence-electron chi connectivity index (χ2n) is 12.3. The molecule has 3 aromatic rings. The van der Waals surface area contributed by atoms with Crippen LogP contribution in [0.1, 0.15) is 52.6 Å². The van der Waals surface area contributed by atoms with E-state index in [-0.39, 0.29) is 33.8 Å². The Morgan fingerprint density at radius 3 is 1.25 bits per heavy atom. The van der Waals surface area contributed by atoms with Crippen molar-refractivity contribution in [2.75, 3.05) is 75.1 Å². The highest BCUT2D eigenvalue weighted by Gasteiger charge is 2.37. The molecule has 0 aliphatic carbocycles. The number of benzene rings is 3. The molecule has 0 unspecified atom stereocenters. The normalized spacial score (nSPS) is 15.2. The molecular weight excluding hydrogens is 701 g/mol. The molecular formula is C36H36F9N7. The van der Waals surface area contributed by atoms with E-state index in [1.54, 1.807) is 28.0 Å². The van der Waals surface area contributed by atoms with E-state index in [9.17, 15) is 39.5 Å². The minimum atomic E-state index is -4.44. The third kappa shape index (κ3) is 11.2. The Balaban J connectivity index is 0.000000212. The summed E-state index contributed by atoms with van der Waals surface area (Å²) in [6, 6.07) is 16.2. The predicted molar refractivity (Wildman–Crippen MR) is 179 cm³/mol. The Hall–Kier alpha value is -5.14. The van der Waals surface area contributed by atoms with E-state index >= 15 is 0 Å². The predicted octanol–water partition coefficient (Wildman–Crippen LogP) is 8.54. The molecule has 0 atom stereocenters. The van der Waals surface area contributed by atoms with Gasteiger partial charge < -0.3 is 19.6 Å². The van der Waals surface area contributed by atoms with Gasteiger partial charge in [-0.3, -0.25) is 0 Å². The van der Waals surface area contributed by atoms with Crippen LogP contribution in [0.25, 0.3) is 0 Å². The number of nitrogens with zero attached hydrogens (tertiary/aromatic N) is 7. The third-order valence-electron chi connectivity index (χ3n) is 8.32. The van der Waals surface area contributed by atoms with Crippen LogP contribution in [0.15, 0.2) is 54.6 Å². The van der Waals surface area contributed by atoms with Crippen LogP contribution >= 0.6 is 0 Å². The first kappa shape index (κ1) is 41.3. The molecule has 0 aromatic heterocycles. The summed E-state index contributed by atoms with van der Waals surface area (Å²) in [6.45, 7) is 3.88. The molecule has 5 rings (SSSR count). The van der Waals surface area contributed by atoms with Gasteiger partial charge >= 0.3 is 18.5 Å². The number of hydrogen-bond acceptors (Lipinski definition) is 7. The summed E-state index contributed by atoms with van der Waals surface area (Å²) in [7, 11) is 4.99. The molecule has 0 N–H and O–H groups in total. The first-order valence-electron chi connectivity index (χ1n) is 16.0. The van der Waals surface area contributed by atoms with Crippen LogP contribution in [0.4, 0.5) is 56.6 Å². The zero-order valence-electron chi connectivity index (χ0n) is 28.6. The van der Waals surface area contributed by atoms with E-state index in [0.29, 0.717) is 26.2 Å². The first-order chi connectivity index (χ1) is 24.3. The fourth-order valence-corrected chi connectivity index (χ4v) is 5.62. The summed E-state index contributed by atoms with van der Waals surface area (Å²) in [5.74, 6) is 0. The van der Waals surface area contributed by atoms with Crippen LogP contribution in [-0.4, -0.2) is 65.3 Å². The van der Waals surface area contributed by atoms with Gasteiger partial charge in [-0.1, -0.05) is 0 Å². The summed E-state index contributed by atoms with van der Waals surface area (Å²) >= 11 is 0. The Bertz CT molecular complexity index is 1780. The smallest absolute Gasteiger partial charge is 0.377 e. The van der Waals surface area contributed by atoms with E-state index in [1.165, 1.54) is 55.4 Å². The molecule has 2 saturated heterocycles. The van der Waals surface area contributed by atoms with E-state index < -0.39 is 35.2 Å². The van der Waals surface area contributed by atoms with Gasteiger partial charge in [0.2, 0.25) is 0 Å². The number of likely N-dealkylation sites (N-methyl/N-ethyl adjacent to an activating group) is 1. The molecule has 278 valence electrons. The molecule has 7 nitrogen and oxygen atoms in total. The van der Waals surface area contributed by atoms with Gasteiger partial charge in [0.25, 0.3) is 0 Å². The standard InChI is InChI=1S/C13H14F3N3.C13H13F3N2.C10H9F3N2/c1-18-4-6-19(7-5-18)12-3-2-10(9-17)8-11(12)13(14,15)16;14-13(15,16)11-8-10(9-17)4-5-12(11)18-6-2-1-3-7-18;1-15(2)9-4-3-7(6-14)5-8(9)10(11,12)13/h2-3,8H,4-7H2,1H3;4-5,8H,1-3,6-7H2;3-5H,1-2H3. The van der Waals surface area contributed by atoms with Crippen LogP contribution < -0.4 is 14.7 Å². The second-order valence-corrected chi connectivity index (χ2v) is 12.3. The lowest BCUT2D eigenvalue weighted by Crippen LogP contribution is -2.45. The molecule has 2 aliphatic heterocycles. The Labute approximate surface area is 296 Å². The number of halogens is 9. The van der Waals surface area contributed by atoms with Gasteiger partial charge in [0, 0.05) is 70.4 Å². The van der Waals surface area contributed by atoms with E-state index in [1.807, 2.05) is 7.05 Å². The Morgan fingerprint density at radius 2 is 0.885 bits per heavy atom. The minimum absolute atomic E-state index is 0.00734. The molecule has 0 bridgehead atoms. The maximum absolute atomic E-state index is 13.0. The van der Waals surface area contributed by atoms with Crippen molar-refractivity contribution in [2.24, 2.45) is 0 Å². The molecule has 2 heterocycles. The molecule has 0 spiro atoms. The summed E-state index contributed by atoms with van der Waals surface area (Å²) in [5.41, 5.74) is -1.71. The SMILES string of the molecule is CN(C)c1ccc(C#N)cc1C(F)(F)F.CN1CCN(c2ccc(C#N)cc2C(F)(F)F)CC1.N#Cc1ccc(N2CCCCC2)c(C(F)(F)F)c1. The zero-order chi connectivity index (χ0) is 38.9. The van der Waals surface area contributed by atoms with Crippen molar-refractivity contribution in [3.05, 3.63) is 88.0 Å². The number of rotatable bonds is 3. The van der Waals surface area contributed by atoms with Gasteiger partial charge in [-0.2, -0.15) is 55.3 Å². The average molecular weight is 738 g/mol. The Kier molecular flexibility index (Phi) is 13.8. The van der Waals surface area contributed by atoms with Gasteiger partial charge in [-0.15, -0.1) is 0 Å². The van der Waals surface area contributed by atoms with Gasteiger partial charge in [0.1, 0.15) is 0 Å². The number of nitriles is 3. The number of piperidine rings is 1. The van der Waals surface area contributed by atoms with Gasteiger partial charge in [0.15, 0.2) is 0 Å². The number of hydrogen-bond donors (Lipinski definition) is 0. The third-order valence-corrected chi connectivity index (χ3v) is 8.32. The fourth-order valence-electron chi connectivity index (χ4n) is 5.62. The zero-order valence-corrected chi connectivity index (χ0v) is 28.6. The molecule has 2 fully saturated rings. The second kappa shape index (κ2) is 17.4. The van der Waals surface area contributed by atoms with E-state index in [4.69, 9.17) is 15.8 Å². The minimum Gasteiger partial charge on any atom is -0.377 e. The largest absolute Gasteiger partial charge is 0.418 e. The van der Waals surface area contributed by atoms with E-state index in [0.717, 1.165) is 50.6 Å². The molecule has 0 saturated carbocycles. The maximum atomic E-state index is 13.0. The number of piperazine rings is 1. The molecule has 3 aromatic carbocycles. The lowest BCUT2D eigenvalue weighted by molar-refractivity contribution is -0.138. The van der Waals surface area contributed by atoms with E-state index in [2.05, 4.69) is 4.90 Å². The van der Waals surface area contributed by atoms with Crippen LogP contribution in [0, 0.1) is 34.0 Å². The van der Waals surface area contributed by atoms with Gasteiger partial charge in [-0.05, 0) is 80.9 Å². The summed E-state index contributed by atoms with van der Waals surface area (Å²) in [6.07, 6.45) is -10.4. The van der Waals surface area contributed by atoms with Crippen molar-refractivity contribution >= 4 is 17.1 Å². The lowest BCUT2D eigenvalue weighted by Gasteiger charge is -2.35. The van der Waals surface area contributed by atoms with Crippen molar-refractivity contribution in [3.8, 4) is 18.2 Å². The van der Waals surface area contributed by atoms with Crippen molar-refractivity contribution in [1.29, 1.82) is 15.8 Å². The quantitative estimate of drug-likeness (QED) is 0.249. The van der Waals surface area contributed by atoms with Crippen molar-refractivity contribution < 1.29 is 39.5 Å². The highest BCUT2D eigenvalue weighted by Crippen LogP contribution is 2.39. The van der Waals surface area contributed by atoms with Gasteiger partial charge in [-0.25, -0.2) is 0 Å². The lowest BCUT2D eigenvalue weighted by atomic mass is 10.0. The fraction of sp³-hybridized carbons (Fsp3) is 0.417. The maximum Gasteiger partial charge on any atom is 0.418 e. The number of alkyl halides is 9. The van der Waals surface area contributed by atoms with Crippen LogP contribution in [0.5, 0.6) is 0 Å². The topological polar surface area (TPSA) is 84.3 Å². The monoisotopic (exact) mass is 737 g/mol. The average Bonchev–Trinajstić information content (AvgIpc) is 3.11. The summed E-state index contributed by atoms with van der Waals surface area (Å²) < 4.78 is 116. The molecule has 16 heteroatoms. The first-order valence-corrected chi connectivity index (χ1v) is 16.0. The summed E-state index contributed by atoms with van der Waals surface area (Å²) in [4.78, 5) is 6.93. The highest BCUT2D eigenvalue weighted by atomic mass is 19.4. The van der Waals surface area contributed by atoms with Crippen LogP contribution in [0.2, 0.25) is 0 Å². The van der Waals surface area contributed by atoms with Crippen LogP contribution in [-0.2, 0) is 18.5 Å². The molecule has 52 heavy (non-hydrogen) atoms. The Morgan fingerprint density at radius 1 is 0.519 bits per heavy atom. The molecule has 2 aliphatic rings. The molecule has 0 radical (unpaired) electrons. The summed E-state index contributed by atoms with van der Waals surface area (Å²) in [5, 5.41) is 26.0. The van der Waals surface area contributed by atoms with Crippen molar-refractivity contribution in [3.63, 3.8) is 0 Å². The van der Waals surface area contributed by atoms with Crippen molar-refractivity contribution in [1.82, 2.24) is 4.90 Å². The van der Waals surface area contributed by atoms with Crippen molar-refractivity contribution in [2.45, 2.75) is 37.8 Å². The van der Waals surface area contributed by atoms with Gasteiger partial charge in [0.05, 0.1) is 51.6 Å². The highest BCUT2D eigenvalue weighted by molar-refractivity contribution is 5.60. The van der Waals surface area contributed by atoms with Crippen LogP contribution in [0.3, 0.4) is 0 Å². The number of anilines is 3.